The molecule has 1 aliphatic heterocycles. The molecule has 130 valence electrons. The quantitative estimate of drug-likeness (QED) is 0.798. The maximum absolute atomic E-state index is 12.2. The van der Waals surface area contributed by atoms with E-state index in [0.717, 1.165) is 12.8 Å². The number of hydrogen-bond donors (Lipinski definition) is 1. The van der Waals surface area contributed by atoms with Crippen LogP contribution in [0.25, 0.3) is 0 Å². The van der Waals surface area contributed by atoms with Crippen molar-refractivity contribution in [3.8, 4) is 0 Å². The molecule has 0 aliphatic carbocycles. The van der Waals surface area contributed by atoms with Crippen molar-refractivity contribution in [3.63, 3.8) is 0 Å². The Balaban J connectivity index is 2.10. The fraction of sp³-hybridized carbons (Fsp3) is 0.471. The number of benzene rings is 1. The van der Waals surface area contributed by atoms with E-state index >= 15 is 0 Å². The molecular weight excluding hydrogens is 332 g/mol. The predicted molar refractivity (Wildman–Crippen MR) is 91.2 cm³/mol. The molecule has 1 aromatic carbocycles. The normalized spacial score (nSPS) is 15.3. The smallest absolute Gasteiger partial charge is 0.338 e. The van der Waals surface area contributed by atoms with Gasteiger partial charge in [-0.3, -0.25) is 9.59 Å². The Hall–Kier alpha value is -2.08. The monoisotopic (exact) mass is 352 g/mol. The van der Waals surface area contributed by atoms with Crippen molar-refractivity contribution in [3.05, 3.63) is 28.8 Å². The van der Waals surface area contributed by atoms with E-state index < -0.39 is 12.1 Å². The Morgan fingerprint density at radius 3 is 2.79 bits per heavy atom. The van der Waals surface area contributed by atoms with Gasteiger partial charge in [-0.1, -0.05) is 18.5 Å². The molecule has 1 fully saturated rings. The van der Waals surface area contributed by atoms with Gasteiger partial charge in [-0.2, -0.15) is 0 Å². The number of nitrogens with one attached hydrogen (secondary N) is 1. The van der Waals surface area contributed by atoms with Gasteiger partial charge < -0.3 is 15.0 Å². The van der Waals surface area contributed by atoms with Gasteiger partial charge in [-0.05, 0) is 38.0 Å². The first-order chi connectivity index (χ1) is 11.4. The van der Waals surface area contributed by atoms with Crippen molar-refractivity contribution in [1.29, 1.82) is 0 Å². The number of carbonyl (C=O) groups excluding carboxylic acids is 3. The number of esters is 1. The molecule has 1 aliphatic rings. The van der Waals surface area contributed by atoms with Crippen molar-refractivity contribution in [2.45, 2.75) is 39.2 Å². The molecule has 6 nitrogen and oxygen atoms in total. The molecule has 2 amide bonds. The highest BCUT2D eigenvalue weighted by molar-refractivity contribution is 6.34. The molecule has 1 atom stereocenters. The molecule has 1 aromatic rings. The van der Waals surface area contributed by atoms with Crippen LogP contribution in [-0.2, 0) is 14.3 Å². The van der Waals surface area contributed by atoms with Gasteiger partial charge in [-0.15, -0.1) is 0 Å². The molecule has 24 heavy (non-hydrogen) atoms. The predicted octanol–water partition coefficient (Wildman–Crippen LogP) is 2.54. The highest BCUT2D eigenvalue weighted by Crippen LogP contribution is 2.30. The van der Waals surface area contributed by atoms with E-state index in [2.05, 4.69) is 5.32 Å². The van der Waals surface area contributed by atoms with E-state index in [1.54, 1.807) is 11.0 Å². The molecule has 0 spiro atoms. The summed E-state index contributed by atoms with van der Waals surface area (Å²) >= 11 is 6.15. The summed E-state index contributed by atoms with van der Waals surface area (Å²) in [5, 5.41) is 3.07. The number of halogens is 1. The third-order valence-electron chi connectivity index (χ3n) is 3.75. The average molecular weight is 353 g/mol. The molecule has 0 aromatic heterocycles. The van der Waals surface area contributed by atoms with Crippen LogP contribution in [0.1, 0.15) is 43.5 Å². The zero-order chi connectivity index (χ0) is 17.7. The molecule has 0 bridgehead atoms. The molecular formula is C17H21ClN2O4. The van der Waals surface area contributed by atoms with Crippen LogP contribution in [0.5, 0.6) is 0 Å². The molecule has 1 unspecified atom stereocenters. The number of ether oxygens (including phenoxy) is 1. The Bertz CT molecular complexity index is 647. The van der Waals surface area contributed by atoms with E-state index in [9.17, 15) is 14.4 Å². The molecule has 7 heteroatoms. The van der Waals surface area contributed by atoms with Crippen LogP contribution in [0.15, 0.2) is 18.2 Å². The maximum Gasteiger partial charge on any atom is 0.338 e. The van der Waals surface area contributed by atoms with Crippen molar-refractivity contribution >= 4 is 35.1 Å². The Morgan fingerprint density at radius 1 is 1.42 bits per heavy atom. The first kappa shape index (κ1) is 18.3. The van der Waals surface area contributed by atoms with E-state index in [4.69, 9.17) is 16.3 Å². The van der Waals surface area contributed by atoms with Crippen molar-refractivity contribution in [2.24, 2.45) is 0 Å². The second-order valence-electron chi connectivity index (χ2n) is 5.65. The summed E-state index contributed by atoms with van der Waals surface area (Å²) in [7, 11) is 0. The lowest BCUT2D eigenvalue weighted by Gasteiger charge is -2.18. The molecule has 2 rings (SSSR count). The number of amides is 2. The Kier molecular flexibility index (Phi) is 6.20. The van der Waals surface area contributed by atoms with E-state index in [1.165, 1.54) is 19.1 Å². The van der Waals surface area contributed by atoms with E-state index in [-0.39, 0.29) is 17.4 Å². The summed E-state index contributed by atoms with van der Waals surface area (Å²) in [6.45, 7) is 4.56. The second kappa shape index (κ2) is 8.15. The number of hydrogen-bond acceptors (Lipinski definition) is 4. The largest absolute Gasteiger partial charge is 0.449 e. The van der Waals surface area contributed by atoms with E-state index in [0.29, 0.717) is 30.2 Å². The summed E-state index contributed by atoms with van der Waals surface area (Å²) in [4.78, 5) is 37.5. The fourth-order valence-corrected chi connectivity index (χ4v) is 2.64. The van der Waals surface area contributed by atoms with Crippen molar-refractivity contribution < 1.29 is 19.1 Å². The molecule has 1 saturated heterocycles. The first-order valence-electron chi connectivity index (χ1n) is 8.02. The molecule has 0 saturated carbocycles. The number of nitrogens with zero attached hydrogens (tertiary/aromatic N) is 1. The van der Waals surface area contributed by atoms with Crippen LogP contribution in [-0.4, -0.2) is 37.0 Å². The minimum atomic E-state index is -0.892. The minimum absolute atomic E-state index is 0.0188. The van der Waals surface area contributed by atoms with Crippen molar-refractivity contribution in [1.82, 2.24) is 5.32 Å². The zero-order valence-corrected chi connectivity index (χ0v) is 14.6. The number of carbonyl (C=O) groups is 3. The zero-order valence-electron chi connectivity index (χ0n) is 13.8. The summed E-state index contributed by atoms with van der Waals surface area (Å²) in [5.74, 6) is -0.984. The average Bonchev–Trinajstić information content (AvgIpc) is 2.98. The topological polar surface area (TPSA) is 75.7 Å². The van der Waals surface area contributed by atoms with Gasteiger partial charge in [-0.25, -0.2) is 4.79 Å². The third kappa shape index (κ3) is 4.26. The standard InChI is InChI=1S/C17H21ClN2O4/c1-3-8-19-16(22)11(2)24-17(23)12-6-7-13(18)14(10-12)20-9-4-5-15(20)21/h6-7,10-11H,3-5,8-9H2,1-2H3,(H,19,22). The SMILES string of the molecule is CCCNC(=O)C(C)OC(=O)c1ccc(Cl)c(N2CCCC2=O)c1. The molecule has 0 radical (unpaired) electrons. The molecule has 1 N–H and O–H groups in total. The second-order valence-corrected chi connectivity index (χ2v) is 6.06. The van der Waals surface area contributed by atoms with Crippen molar-refractivity contribution in [2.75, 3.05) is 18.0 Å². The van der Waals surface area contributed by atoms with Gasteiger partial charge in [0.2, 0.25) is 5.91 Å². The van der Waals surface area contributed by atoms with Crippen LogP contribution < -0.4 is 10.2 Å². The summed E-state index contributed by atoms with van der Waals surface area (Å²) in [5.41, 5.74) is 0.751. The highest BCUT2D eigenvalue weighted by atomic mass is 35.5. The van der Waals surface area contributed by atoms with E-state index in [1.807, 2.05) is 6.92 Å². The third-order valence-corrected chi connectivity index (χ3v) is 4.07. The fourth-order valence-electron chi connectivity index (χ4n) is 2.42. The van der Waals surface area contributed by atoms with Crippen LogP contribution in [0.2, 0.25) is 5.02 Å². The summed E-state index contributed by atoms with van der Waals surface area (Å²) < 4.78 is 5.18. The van der Waals surface area contributed by atoms with Gasteiger partial charge in [0.1, 0.15) is 0 Å². The first-order valence-corrected chi connectivity index (χ1v) is 8.40. The van der Waals surface area contributed by atoms with Crippen LogP contribution in [0.4, 0.5) is 5.69 Å². The van der Waals surface area contributed by atoms with Gasteiger partial charge >= 0.3 is 5.97 Å². The van der Waals surface area contributed by atoms with Gasteiger partial charge in [0.15, 0.2) is 6.10 Å². The van der Waals surface area contributed by atoms with Gasteiger partial charge in [0, 0.05) is 19.5 Å². The lowest BCUT2D eigenvalue weighted by Crippen LogP contribution is -2.36. The lowest BCUT2D eigenvalue weighted by atomic mass is 10.2. The highest BCUT2D eigenvalue weighted by Gasteiger charge is 2.25. The van der Waals surface area contributed by atoms with Crippen LogP contribution in [0, 0.1) is 0 Å². The van der Waals surface area contributed by atoms with Crippen LogP contribution >= 0.6 is 11.6 Å². The van der Waals surface area contributed by atoms with Gasteiger partial charge in [0.05, 0.1) is 16.3 Å². The van der Waals surface area contributed by atoms with Crippen LogP contribution in [0.3, 0.4) is 0 Å². The van der Waals surface area contributed by atoms with Gasteiger partial charge in [0.25, 0.3) is 5.91 Å². The number of anilines is 1. The summed E-state index contributed by atoms with van der Waals surface area (Å²) in [6.07, 6.45) is 1.14. The number of rotatable bonds is 6. The lowest BCUT2D eigenvalue weighted by molar-refractivity contribution is -0.129. The Labute approximate surface area is 146 Å². The maximum atomic E-state index is 12.2. The minimum Gasteiger partial charge on any atom is -0.449 e. The Morgan fingerprint density at radius 2 is 2.17 bits per heavy atom. The molecule has 1 heterocycles. The summed E-state index contributed by atoms with van der Waals surface area (Å²) in [6, 6.07) is 4.61.